The lowest BCUT2D eigenvalue weighted by atomic mass is 10.2. The molecule has 1 atom stereocenters. The molecule has 0 spiro atoms. The Hall–Kier alpha value is -1.07. The minimum absolute atomic E-state index is 0.0538. The molecular formula is C12H15ClO4S. The van der Waals surface area contributed by atoms with Gasteiger partial charge in [0.15, 0.2) is 9.84 Å². The molecule has 0 fully saturated rings. The maximum atomic E-state index is 11.7. The first-order valence-electron chi connectivity index (χ1n) is 5.46. The lowest BCUT2D eigenvalue weighted by Crippen LogP contribution is -2.20. The second-order valence-corrected chi connectivity index (χ2v) is 6.70. The first-order chi connectivity index (χ1) is 8.41. The first kappa shape index (κ1) is 15.0. The summed E-state index contributed by atoms with van der Waals surface area (Å²) in [5.41, 5.74) is 0.717. The number of esters is 1. The second kappa shape index (κ2) is 6.75. The summed E-state index contributed by atoms with van der Waals surface area (Å²) in [5.74, 6) is -0.856. The third-order valence-electron chi connectivity index (χ3n) is 2.19. The SMILES string of the molecule is CC(Cl)C(=O)OCCS(=O)(=O)Cc1ccccc1. The number of carbonyl (C=O) groups excluding carboxylic acids is 1. The van der Waals surface area contributed by atoms with E-state index < -0.39 is 21.2 Å². The van der Waals surface area contributed by atoms with Crippen molar-refractivity contribution >= 4 is 27.4 Å². The van der Waals surface area contributed by atoms with Crippen LogP contribution in [0, 0.1) is 0 Å². The third kappa shape index (κ3) is 5.51. The van der Waals surface area contributed by atoms with Gasteiger partial charge in [0, 0.05) is 0 Å². The summed E-state index contributed by atoms with van der Waals surface area (Å²) in [6.07, 6.45) is 0. The molecule has 1 aromatic rings. The van der Waals surface area contributed by atoms with Crippen LogP contribution in [0.1, 0.15) is 12.5 Å². The van der Waals surface area contributed by atoms with Crippen LogP contribution in [0.5, 0.6) is 0 Å². The Labute approximate surface area is 112 Å². The molecule has 0 aliphatic rings. The van der Waals surface area contributed by atoms with Crippen molar-refractivity contribution in [2.75, 3.05) is 12.4 Å². The molecule has 0 radical (unpaired) electrons. The highest BCUT2D eigenvalue weighted by Gasteiger charge is 2.15. The predicted octanol–water partition coefficient (Wildman–Crippen LogP) is 1.77. The first-order valence-corrected chi connectivity index (χ1v) is 7.71. The van der Waals surface area contributed by atoms with E-state index in [9.17, 15) is 13.2 Å². The van der Waals surface area contributed by atoms with Crippen molar-refractivity contribution in [1.82, 2.24) is 0 Å². The van der Waals surface area contributed by atoms with Gasteiger partial charge >= 0.3 is 5.97 Å². The van der Waals surface area contributed by atoms with Crippen molar-refractivity contribution in [2.24, 2.45) is 0 Å². The minimum Gasteiger partial charge on any atom is -0.464 e. The topological polar surface area (TPSA) is 60.4 Å². The highest BCUT2D eigenvalue weighted by atomic mass is 35.5. The van der Waals surface area contributed by atoms with Crippen molar-refractivity contribution in [3.8, 4) is 0 Å². The molecule has 0 aliphatic carbocycles. The summed E-state index contributed by atoms with van der Waals surface area (Å²) in [5, 5.41) is -0.762. The normalized spacial score (nSPS) is 13.0. The van der Waals surface area contributed by atoms with E-state index in [1.807, 2.05) is 6.07 Å². The Morgan fingerprint density at radius 2 is 1.94 bits per heavy atom. The van der Waals surface area contributed by atoms with Gasteiger partial charge in [0.25, 0.3) is 0 Å². The van der Waals surface area contributed by atoms with Crippen LogP contribution in [0.3, 0.4) is 0 Å². The zero-order valence-corrected chi connectivity index (χ0v) is 11.6. The fourth-order valence-corrected chi connectivity index (χ4v) is 2.53. The molecule has 1 unspecified atom stereocenters. The maximum absolute atomic E-state index is 11.7. The third-order valence-corrected chi connectivity index (χ3v) is 3.93. The molecule has 1 rings (SSSR count). The molecule has 0 amide bonds. The molecule has 0 N–H and O–H groups in total. The van der Waals surface area contributed by atoms with Crippen LogP contribution in [-0.4, -0.2) is 32.1 Å². The Balaban J connectivity index is 2.44. The van der Waals surface area contributed by atoms with E-state index >= 15 is 0 Å². The number of rotatable bonds is 6. The monoisotopic (exact) mass is 290 g/mol. The predicted molar refractivity (Wildman–Crippen MR) is 70.2 cm³/mol. The summed E-state index contributed by atoms with van der Waals surface area (Å²) < 4.78 is 28.2. The van der Waals surface area contributed by atoms with Gasteiger partial charge in [-0.1, -0.05) is 30.3 Å². The fraction of sp³-hybridized carbons (Fsp3) is 0.417. The molecule has 0 saturated heterocycles. The van der Waals surface area contributed by atoms with Gasteiger partial charge in [-0.15, -0.1) is 11.6 Å². The molecule has 0 aromatic heterocycles. The molecule has 0 bridgehead atoms. The Morgan fingerprint density at radius 1 is 1.33 bits per heavy atom. The smallest absolute Gasteiger partial charge is 0.323 e. The average Bonchev–Trinajstić information content (AvgIpc) is 2.29. The minimum atomic E-state index is -3.28. The number of carbonyl (C=O) groups is 1. The zero-order valence-electron chi connectivity index (χ0n) is 10.0. The van der Waals surface area contributed by atoms with E-state index in [-0.39, 0.29) is 18.1 Å². The van der Waals surface area contributed by atoms with Gasteiger partial charge in [-0.25, -0.2) is 8.42 Å². The molecule has 0 heterocycles. The Morgan fingerprint density at radius 3 is 2.50 bits per heavy atom. The lowest BCUT2D eigenvalue weighted by molar-refractivity contribution is -0.142. The van der Waals surface area contributed by atoms with Gasteiger partial charge < -0.3 is 4.74 Å². The van der Waals surface area contributed by atoms with Crippen LogP contribution < -0.4 is 0 Å². The maximum Gasteiger partial charge on any atom is 0.323 e. The lowest BCUT2D eigenvalue weighted by Gasteiger charge is -2.07. The molecule has 0 saturated carbocycles. The van der Waals surface area contributed by atoms with Gasteiger partial charge in [-0.2, -0.15) is 0 Å². The van der Waals surface area contributed by atoms with Crippen LogP contribution >= 0.6 is 11.6 Å². The van der Waals surface area contributed by atoms with E-state index in [0.717, 1.165) is 5.56 Å². The summed E-state index contributed by atoms with van der Waals surface area (Å²) in [6.45, 7) is 1.31. The van der Waals surface area contributed by atoms with E-state index in [1.165, 1.54) is 6.92 Å². The number of alkyl halides is 1. The molecule has 4 nitrogen and oxygen atoms in total. The van der Waals surface area contributed by atoms with Crippen LogP contribution in [0.15, 0.2) is 30.3 Å². The zero-order chi connectivity index (χ0) is 13.6. The second-order valence-electron chi connectivity index (χ2n) is 3.86. The highest BCUT2D eigenvalue weighted by Crippen LogP contribution is 2.06. The van der Waals surface area contributed by atoms with Gasteiger partial charge in [0.1, 0.15) is 12.0 Å². The molecule has 100 valence electrons. The number of hydrogen-bond donors (Lipinski definition) is 0. The largest absolute Gasteiger partial charge is 0.464 e. The van der Waals surface area contributed by atoms with Crippen LogP contribution in [0.4, 0.5) is 0 Å². The van der Waals surface area contributed by atoms with Gasteiger partial charge in [0.05, 0.1) is 11.5 Å². The molecule has 0 aliphatic heterocycles. The number of hydrogen-bond acceptors (Lipinski definition) is 4. The summed E-state index contributed by atoms with van der Waals surface area (Å²) in [4.78, 5) is 11.0. The van der Waals surface area contributed by atoms with Crippen LogP contribution in [0.25, 0.3) is 0 Å². The van der Waals surface area contributed by atoms with Gasteiger partial charge in [-0.3, -0.25) is 4.79 Å². The summed E-state index contributed by atoms with van der Waals surface area (Å²) >= 11 is 5.48. The molecular weight excluding hydrogens is 276 g/mol. The molecule has 6 heteroatoms. The Bertz CT molecular complexity index is 482. The molecule has 1 aromatic carbocycles. The van der Waals surface area contributed by atoms with Gasteiger partial charge in [0.2, 0.25) is 0 Å². The summed E-state index contributed by atoms with van der Waals surface area (Å²) in [7, 11) is -3.28. The van der Waals surface area contributed by atoms with E-state index in [2.05, 4.69) is 0 Å². The van der Waals surface area contributed by atoms with Crippen LogP contribution in [-0.2, 0) is 25.1 Å². The van der Waals surface area contributed by atoms with Crippen molar-refractivity contribution in [3.05, 3.63) is 35.9 Å². The van der Waals surface area contributed by atoms with Crippen molar-refractivity contribution < 1.29 is 17.9 Å². The number of halogens is 1. The Kier molecular flexibility index (Phi) is 5.62. The van der Waals surface area contributed by atoms with Crippen LogP contribution in [0.2, 0.25) is 0 Å². The van der Waals surface area contributed by atoms with E-state index in [0.29, 0.717) is 0 Å². The van der Waals surface area contributed by atoms with Crippen molar-refractivity contribution in [3.63, 3.8) is 0 Å². The fourth-order valence-electron chi connectivity index (χ4n) is 1.28. The average molecular weight is 291 g/mol. The summed E-state index contributed by atoms with van der Waals surface area (Å²) in [6, 6.07) is 8.86. The van der Waals surface area contributed by atoms with E-state index in [1.54, 1.807) is 24.3 Å². The number of sulfone groups is 1. The quantitative estimate of drug-likeness (QED) is 0.592. The standard InChI is InChI=1S/C12H15ClO4S/c1-10(13)12(14)17-7-8-18(15,16)9-11-5-3-2-4-6-11/h2-6,10H,7-9H2,1H3. The van der Waals surface area contributed by atoms with Crippen molar-refractivity contribution in [1.29, 1.82) is 0 Å². The van der Waals surface area contributed by atoms with E-state index in [4.69, 9.17) is 16.3 Å². The number of ether oxygens (including phenoxy) is 1. The molecule has 18 heavy (non-hydrogen) atoms. The highest BCUT2D eigenvalue weighted by molar-refractivity contribution is 7.90. The van der Waals surface area contributed by atoms with Crippen molar-refractivity contribution in [2.45, 2.75) is 18.1 Å². The van der Waals surface area contributed by atoms with Gasteiger partial charge in [-0.05, 0) is 12.5 Å². The number of benzene rings is 1.